The number of aryl methyl sites for hydroxylation is 1. The third-order valence-corrected chi connectivity index (χ3v) is 5.37. The fourth-order valence-electron chi connectivity index (χ4n) is 2.57. The molecule has 0 aliphatic carbocycles. The molecule has 4 aromatic heterocycles. The number of carbonyl (C=O) groups excluding carboxylic acids is 1. The first kappa shape index (κ1) is 16.9. The predicted octanol–water partition coefficient (Wildman–Crippen LogP) is 4.44. The molecule has 0 aliphatic rings. The van der Waals surface area contributed by atoms with Crippen molar-refractivity contribution in [2.45, 2.75) is 18.7 Å². The van der Waals surface area contributed by atoms with Gasteiger partial charge in [0.2, 0.25) is 5.89 Å². The van der Waals surface area contributed by atoms with Crippen LogP contribution in [0.25, 0.3) is 16.3 Å². The maximum atomic E-state index is 12.5. The number of hydrogen-bond donors (Lipinski definition) is 0. The minimum Gasteiger partial charge on any atom is -0.454 e. The van der Waals surface area contributed by atoms with E-state index < -0.39 is 5.97 Å². The van der Waals surface area contributed by atoms with Gasteiger partial charge in [0.15, 0.2) is 10.9 Å². The van der Waals surface area contributed by atoms with Crippen LogP contribution in [0.5, 0.6) is 0 Å². The molecule has 132 valence electrons. The van der Waals surface area contributed by atoms with E-state index in [0.717, 1.165) is 15.6 Å². The molecule has 4 rings (SSSR count). The van der Waals surface area contributed by atoms with Crippen LogP contribution in [0.2, 0.25) is 0 Å². The van der Waals surface area contributed by atoms with Crippen LogP contribution in [-0.4, -0.2) is 26.6 Å². The highest BCUT2D eigenvalue weighted by Crippen LogP contribution is 2.26. The largest absolute Gasteiger partial charge is 0.454 e. The smallest absolute Gasteiger partial charge is 0.359 e. The van der Waals surface area contributed by atoms with Crippen LogP contribution in [0, 0.1) is 6.92 Å². The van der Waals surface area contributed by atoms with Gasteiger partial charge in [-0.25, -0.2) is 14.8 Å². The topological polar surface area (TPSA) is 69.6 Å². The van der Waals surface area contributed by atoms with E-state index in [4.69, 9.17) is 9.15 Å². The van der Waals surface area contributed by atoms with Gasteiger partial charge < -0.3 is 9.15 Å². The van der Waals surface area contributed by atoms with Crippen molar-refractivity contribution in [2.24, 2.45) is 0 Å². The Kier molecular flexibility index (Phi) is 4.52. The van der Waals surface area contributed by atoms with E-state index in [0.29, 0.717) is 23.0 Å². The van der Waals surface area contributed by atoms with Crippen molar-refractivity contribution in [3.8, 4) is 10.8 Å². The van der Waals surface area contributed by atoms with Crippen LogP contribution >= 0.6 is 23.1 Å². The number of esters is 1. The van der Waals surface area contributed by atoms with Crippen molar-refractivity contribution in [3.63, 3.8) is 0 Å². The van der Waals surface area contributed by atoms with Gasteiger partial charge in [-0.1, -0.05) is 23.9 Å². The minimum atomic E-state index is -0.478. The van der Waals surface area contributed by atoms with E-state index in [1.807, 2.05) is 59.5 Å². The van der Waals surface area contributed by atoms with Crippen LogP contribution < -0.4 is 0 Å². The molecule has 0 fully saturated rings. The van der Waals surface area contributed by atoms with Gasteiger partial charge in [0.05, 0.1) is 10.4 Å². The average molecular weight is 385 g/mol. The Morgan fingerprint density at radius 3 is 2.96 bits per heavy atom. The fraction of sp³-hybridized carbons (Fsp3) is 0.167. The van der Waals surface area contributed by atoms with E-state index in [9.17, 15) is 4.79 Å². The molecule has 8 heteroatoms. The van der Waals surface area contributed by atoms with E-state index in [1.165, 1.54) is 11.8 Å². The lowest BCUT2D eigenvalue weighted by Crippen LogP contribution is -2.07. The second-order valence-electron chi connectivity index (χ2n) is 5.48. The third kappa shape index (κ3) is 3.02. The van der Waals surface area contributed by atoms with Gasteiger partial charge in [0.1, 0.15) is 18.1 Å². The van der Waals surface area contributed by atoms with Crippen LogP contribution in [0.4, 0.5) is 0 Å². The maximum Gasteiger partial charge on any atom is 0.359 e. The first-order chi connectivity index (χ1) is 12.7. The lowest BCUT2D eigenvalue weighted by atomic mass is 10.3. The number of thiophene rings is 1. The number of ether oxygens (including phenoxy) is 1. The molecular weight excluding hydrogens is 370 g/mol. The van der Waals surface area contributed by atoms with Crippen LogP contribution in [-0.2, 0) is 11.3 Å². The van der Waals surface area contributed by atoms with Crippen molar-refractivity contribution in [3.05, 3.63) is 59.1 Å². The summed E-state index contributed by atoms with van der Waals surface area (Å²) in [5.41, 5.74) is 1.63. The van der Waals surface area contributed by atoms with Gasteiger partial charge in [-0.05, 0) is 36.8 Å². The Bertz CT molecular complexity index is 1070. The lowest BCUT2D eigenvalue weighted by molar-refractivity contribution is 0.0462. The third-order valence-electron chi connectivity index (χ3n) is 3.86. The Balaban J connectivity index is 1.55. The summed E-state index contributed by atoms with van der Waals surface area (Å²) in [7, 11) is 0. The molecule has 0 atom stereocenters. The Morgan fingerprint density at radius 1 is 1.31 bits per heavy atom. The predicted molar refractivity (Wildman–Crippen MR) is 101 cm³/mol. The second kappa shape index (κ2) is 6.97. The molecule has 0 saturated carbocycles. The Hall–Kier alpha value is -2.58. The normalized spacial score (nSPS) is 11.2. The first-order valence-corrected chi connectivity index (χ1v) is 9.96. The summed E-state index contributed by atoms with van der Waals surface area (Å²) in [6.07, 6.45) is 3.79. The summed E-state index contributed by atoms with van der Waals surface area (Å²) in [5.74, 6) is 0.704. The lowest BCUT2D eigenvalue weighted by Gasteiger charge is -2.01. The number of carbonyl (C=O) groups is 1. The van der Waals surface area contributed by atoms with E-state index in [1.54, 1.807) is 11.3 Å². The van der Waals surface area contributed by atoms with Crippen LogP contribution in [0.15, 0.2) is 51.5 Å². The standard InChI is InChI=1S/C18H15N3O3S2/c1-11-12(19-16(24-11)14-7-5-9-26-14)10-23-17(22)15-13-6-3-4-8-21(13)18(20-15)25-2/h3-9H,10H2,1-2H3. The highest BCUT2D eigenvalue weighted by Gasteiger charge is 2.20. The zero-order valence-electron chi connectivity index (χ0n) is 14.1. The average Bonchev–Trinajstić information content (AvgIpc) is 3.38. The van der Waals surface area contributed by atoms with Gasteiger partial charge in [-0.2, -0.15) is 0 Å². The summed E-state index contributed by atoms with van der Waals surface area (Å²) in [6, 6.07) is 9.49. The number of thioether (sulfide) groups is 1. The summed E-state index contributed by atoms with van der Waals surface area (Å²) >= 11 is 3.02. The van der Waals surface area contributed by atoms with Crippen molar-refractivity contribution in [1.29, 1.82) is 0 Å². The fourth-order valence-corrected chi connectivity index (χ4v) is 3.76. The number of fused-ring (bicyclic) bond motifs is 1. The molecule has 0 unspecified atom stereocenters. The van der Waals surface area contributed by atoms with Gasteiger partial charge in [-0.3, -0.25) is 4.40 Å². The number of pyridine rings is 1. The number of rotatable bonds is 5. The van der Waals surface area contributed by atoms with Crippen LogP contribution in [0.1, 0.15) is 21.9 Å². The highest BCUT2D eigenvalue weighted by molar-refractivity contribution is 7.98. The number of imidazole rings is 1. The number of nitrogens with zero attached hydrogens (tertiary/aromatic N) is 3. The monoisotopic (exact) mass is 385 g/mol. The minimum absolute atomic E-state index is 0.0417. The summed E-state index contributed by atoms with van der Waals surface area (Å²) in [6.45, 7) is 1.85. The van der Waals surface area contributed by atoms with Crippen molar-refractivity contribution >= 4 is 34.6 Å². The summed E-state index contributed by atoms with van der Waals surface area (Å²) < 4.78 is 13.0. The first-order valence-electron chi connectivity index (χ1n) is 7.85. The molecule has 26 heavy (non-hydrogen) atoms. The van der Waals surface area contributed by atoms with E-state index in [-0.39, 0.29) is 6.61 Å². The summed E-state index contributed by atoms with van der Waals surface area (Å²) in [4.78, 5) is 22.3. The van der Waals surface area contributed by atoms with Crippen molar-refractivity contribution in [1.82, 2.24) is 14.4 Å². The van der Waals surface area contributed by atoms with Crippen molar-refractivity contribution < 1.29 is 13.9 Å². The second-order valence-corrected chi connectivity index (χ2v) is 7.20. The van der Waals surface area contributed by atoms with Gasteiger partial charge >= 0.3 is 5.97 Å². The zero-order chi connectivity index (χ0) is 18.1. The molecule has 0 amide bonds. The quantitative estimate of drug-likeness (QED) is 0.374. The Labute approximate surface area is 157 Å². The molecule has 4 aromatic rings. The zero-order valence-corrected chi connectivity index (χ0v) is 15.8. The summed E-state index contributed by atoms with van der Waals surface area (Å²) in [5, 5.41) is 2.70. The molecular formula is C18H15N3O3S2. The number of aromatic nitrogens is 3. The van der Waals surface area contributed by atoms with Gasteiger partial charge in [0, 0.05) is 6.20 Å². The highest BCUT2D eigenvalue weighted by atomic mass is 32.2. The SMILES string of the molecule is CSc1nc(C(=O)OCc2nc(-c3cccs3)oc2C)c2ccccn12. The van der Waals surface area contributed by atoms with Gasteiger partial charge in [-0.15, -0.1) is 11.3 Å². The van der Waals surface area contributed by atoms with Crippen molar-refractivity contribution in [2.75, 3.05) is 6.26 Å². The Morgan fingerprint density at radius 2 is 2.19 bits per heavy atom. The van der Waals surface area contributed by atoms with Crippen LogP contribution in [0.3, 0.4) is 0 Å². The molecule has 0 radical (unpaired) electrons. The molecule has 0 N–H and O–H groups in total. The number of oxazole rings is 1. The maximum absolute atomic E-state index is 12.5. The van der Waals surface area contributed by atoms with Gasteiger partial charge in [0.25, 0.3) is 0 Å². The molecule has 0 aliphatic heterocycles. The molecule has 4 heterocycles. The number of hydrogen-bond acceptors (Lipinski definition) is 7. The van der Waals surface area contributed by atoms with E-state index >= 15 is 0 Å². The molecule has 0 bridgehead atoms. The molecule has 0 spiro atoms. The molecule has 0 saturated heterocycles. The molecule has 6 nitrogen and oxygen atoms in total. The molecule has 0 aromatic carbocycles. The van der Waals surface area contributed by atoms with E-state index in [2.05, 4.69) is 9.97 Å².